The summed E-state index contributed by atoms with van der Waals surface area (Å²) in [6.07, 6.45) is -4.91. The van der Waals surface area contributed by atoms with Crippen LogP contribution in [0.2, 0.25) is 0 Å². The summed E-state index contributed by atoms with van der Waals surface area (Å²) in [6, 6.07) is 8.41. The van der Waals surface area contributed by atoms with Gasteiger partial charge in [-0.3, -0.25) is 9.59 Å². The molecular weight excluding hydrogens is 360 g/mol. The van der Waals surface area contributed by atoms with Crippen LogP contribution in [0.4, 0.5) is 23.2 Å². The fourth-order valence-corrected chi connectivity index (χ4v) is 2.67. The summed E-state index contributed by atoms with van der Waals surface area (Å²) in [6.45, 7) is 0. The average Bonchev–Trinajstić information content (AvgIpc) is 2.53. The maximum absolute atomic E-state index is 13.3. The minimum Gasteiger partial charge on any atom is -0.369 e. The van der Waals surface area contributed by atoms with E-state index in [9.17, 15) is 27.2 Å². The van der Waals surface area contributed by atoms with E-state index in [0.717, 1.165) is 17.8 Å². The highest BCUT2D eigenvalue weighted by Gasteiger charge is 2.34. The van der Waals surface area contributed by atoms with Gasteiger partial charge >= 0.3 is 6.18 Å². The highest BCUT2D eigenvalue weighted by atomic mass is 32.2. The zero-order valence-electron chi connectivity index (χ0n) is 12.6. The van der Waals surface area contributed by atoms with E-state index in [1.165, 1.54) is 6.07 Å². The Morgan fingerprint density at radius 1 is 1.12 bits per heavy atom. The fourth-order valence-electron chi connectivity index (χ4n) is 1.92. The Morgan fingerprint density at radius 2 is 1.80 bits per heavy atom. The molecule has 3 N–H and O–H groups in total. The molecule has 132 valence electrons. The molecule has 0 radical (unpaired) electrons. The van der Waals surface area contributed by atoms with Crippen molar-refractivity contribution in [1.82, 2.24) is 0 Å². The van der Waals surface area contributed by atoms with Gasteiger partial charge in [0.2, 0.25) is 5.91 Å². The van der Waals surface area contributed by atoms with E-state index < -0.39 is 29.4 Å². The average molecular weight is 372 g/mol. The molecule has 0 heterocycles. The van der Waals surface area contributed by atoms with E-state index in [1.54, 1.807) is 18.2 Å². The topological polar surface area (TPSA) is 72.2 Å². The molecule has 0 saturated heterocycles. The van der Waals surface area contributed by atoms with Gasteiger partial charge in [0.1, 0.15) is 5.82 Å². The van der Waals surface area contributed by atoms with Crippen LogP contribution in [0.25, 0.3) is 0 Å². The van der Waals surface area contributed by atoms with Crippen molar-refractivity contribution < 1.29 is 27.2 Å². The number of para-hydroxylation sites is 1. The second-order valence-electron chi connectivity index (χ2n) is 4.90. The number of alkyl halides is 3. The van der Waals surface area contributed by atoms with Gasteiger partial charge in [0, 0.05) is 10.5 Å². The molecule has 0 fully saturated rings. The van der Waals surface area contributed by atoms with Gasteiger partial charge in [-0.05, 0) is 30.3 Å². The summed E-state index contributed by atoms with van der Waals surface area (Å²) in [4.78, 5) is 23.6. The van der Waals surface area contributed by atoms with Crippen LogP contribution in [-0.2, 0) is 11.0 Å². The molecule has 0 aliphatic rings. The van der Waals surface area contributed by atoms with Gasteiger partial charge in [-0.15, -0.1) is 11.8 Å². The molecule has 2 rings (SSSR count). The minimum absolute atomic E-state index is 0.0261. The van der Waals surface area contributed by atoms with Crippen molar-refractivity contribution in [3.63, 3.8) is 0 Å². The number of primary amides is 1. The van der Waals surface area contributed by atoms with E-state index in [2.05, 4.69) is 5.32 Å². The van der Waals surface area contributed by atoms with Crippen molar-refractivity contribution in [3.8, 4) is 0 Å². The largest absolute Gasteiger partial charge is 0.419 e. The Balaban J connectivity index is 2.25. The number of nitrogens with one attached hydrogen (secondary N) is 1. The van der Waals surface area contributed by atoms with E-state index in [-0.39, 0.29) is 11.3 Å². The lowest BCUT2D eigenvalue weighted by atomic mass is 10.1. The van der Waals surface area contributed by atoms with Crippen LogP contribution in [0.3, 0.4) is 0 Å². The van der Waals surface area contributed by atoms with Crippen molar-refractivity contribution in [3.05, 3.63) is 59.4 Å². The Labute approximate surface area is 144 Å². The number of amides is 2. The third-order valence-electron chi connectivity index (χ3n) is 3.04. The molecule has 4 nitrogen and oxygen atoms in total. The first-order valence-corrected chi connectivity index (χ1v) is 7.85. The molecule has 0 aliphatic carbocycles. The van der Waals surface area contributed by atoms with Crippen LogP contribution in [0.15, 0.2) is 47.4 Å². The van der Waals surface area contributed by atoms with Crippen molar-refractivity contribution in [1.29, 1.82) is 0 Å². The second kappa shape index (κ2) is 7.56. The van der Waals surface area contributed by atoms with Crippen LogP contribution in [-0.4, -0.2) is 17.6 Å². The molecule has 0 aromatic heterocycles. The molecule has 9 heteroatoms. The first kappa shape index (κ1) is 18.8. The Hall–Kier alpha value is -2.55. The van der Waals surface area contributed by atoms with Gasteiger partial charge in [0.05, 0.1) is 17.0 Å². The van der Waals surface area contributed by atoms with Gasteiger partial charge < -0.3 is 11.1 Å². The number of thioether (sulfide) groups is 1. The number of nitrogens with two attached hydrogens (primary N) is 1. The Kier molecular flexibility index (Phi) is 5.68. The molecule has 0 aliphatic heterocycles. The van der Waals surface area contributed by atoms with E-state index in [1.807, 2.05) is 0 Å². The summed E-state index contributed by atoms with van der Waals surface area (Å²) >= 11 is 1.07. The monoisotopic (exact) mass is 372 g/mol. The molecule has 0 saturated carbocycles. The molecule has 0 spiro atoms. The summed E-state index contributed by atoms with van der Waals surface area (Å²) in [5, 5.41) is 2.45. The number of carbonyl (C=O) groups is 2. The number of carbonyl (C=O) groups excluding carboxylic acids is 2. The number of anilines is 1. The summed E-state index contributed by atoms with van der Waals surface area (Å²) in [7, 11) is 0. The zero-order chi connectivity index (χ0) is 18.6. The predicted molar refractivity (Wildman–Crippen MR) is 85.7 cm³/mol. The maximum Gasteiger partial charge on any atom is 0.419 e. The molecule has 25 heavy (non-hydrogen) atoms. The molecular formula is C16H12F4N2O2S. The quantitative estimate of drug-likeness (QED) is 0.621. The fraction of sp³-hybridized carbons (Fsp3) is 0.125. The Morgan fingerprint density at radius 3 is 2.44 bits per heavy atom. The lowest BCUT2D eigenvalue weighted by molar-refractivity contribution is -0.140. The van der Waals surface area contributed by atoms with Crippen LogP contribution >= 0.6 is 11.8 Å². The third-order valence-corrected chi connectivity index (χ3v) is 4.13. The van der Waals surface area contributed by atoms with Crippen molar-refractivity contribution in [2.24, 2.45) is 5.73 Å². The first-order valence-electron chi connectivity index (χ1n) is 6.86. The number of rotatable bonds is 5. The third kappa shape index (κ3) is 4.96. The normalized spacial score (nSPS) is 11.2. The van der Waals surface area contributed by atoms with Crippen LogP contribution < -0.4 is 11.1 Å². The van der Waals surface area contributed by atoms with Gasteiger partial charge in [-0.1, -0.05) is 12.1 Å². The van der Waals surface area contributed by atoms with Crippen molar-refractivity contribution >= 4 is 29.3 Å². The number of hydrogen-bond donors (Lipinski definition) is 2. The van der Waals surface area contributed by atoms with Crippen molar-refractivity contribution in [2.45, 2.75) is 11.1 Å². The van der Waals surface area contributed by atoms with Crippen LogP contribution in [0, 0.1) is 5.82 Å². The minimum atomic E-state index is -4.91. The zero-order valence-corrected chi connectivity index (χ0v) is 13.4. The summed E-state index contributed by atoms with van der Waals surface area (Å²) in [5.74, 6) is -2.87. The van der Waals surface area contributed by atoms with Gasteiger partial charge in [0.15, 0.2) is 0 Å². The van der Waals surface area contributed by atoms with Crippen LogP contribution in [0.5, 0.6) is 0 Å². The summed E-state index contributed by atoms with van der Waals surface area (Å²) in [5.41, 5.74) is 3.51. The van der Waals surface area contributed by atoms with Gasteiger partial charge in [0.25, 0.3) is 5.91 Å². The highest BCUT2D eigenvalue weighted by molar-refractivity contribution is 8.00. The second-order valence-corrected chi connectivity index (χ2v) is 5.91. The van der Waals surface area contributed by atoms with Crippen LogP contribution in [0.1, 0.15) is 15.9 Å². The van der Waals surface area contributed by atoms with Gasteiger partial charge in [-0.2, -0.15) is 13.2 Å². The molecule has 2 aromatic carbocycles. The molecule has 2 aromatic rings. The SMILES string of the molecule is NC(=O)CSc1ccccc1NC(=O)c1ccc(F)c(C(F)(F)F)c1. The molecule has 0 unspecified atom stereocenters. The standard InChI is InChI=1S/C16H12F4N2O2S/c17-11-6-5-9(7-10(11)16(18,19)20)15(24)22-12-3-1-2-4-13(12)25-8-14(21)23/h1-7H,8H2,(H2,21,23)(H,22,24). The van der Waals surface area contributed by atoms with E-state index in [0.29, 0.717) is 22.7 Å². The number of halogens is 4. The Bertz CT molecular complexity index is 809. The summed E-state index contributed by atoms with van der Waals surface area (Å²) < 4.78 is 51.5. The first-order chi connectivity index (χ1) is 11.7. The highest BCUT2D eigenvalue weighted by Crippen LogP contribution is 2.32. The lowest BCUT2D eigenvalue weighted by Gasteiger charge is -2.12. The van der Waals surface area contributed by atoms with E-state index in [4.69, 9.17) is 5.73 Å². The van der Waals surface area contributed by atoms with E-state index >= 15 is 0 Å². The molecule has 0 bridgehead atoms. The molecule has 2 amide bonds. The van der Waals surface area contributed by atoms with Crippen molar-refractivity contribution in [2.75, 3.05) is 11.1 Å². The smallest absolute Gasteiger partial charge is 0.369 e. The number of hydrogen-bond acceptors (Lipinski definition) is 3. The predicted octanol–water partition coefficient (Wildman–Crippen LogP) is 3.67. The molecule has 0 atom stereocenters. The van der Waals surface area contributed by atoms with Gasteiger partial charge in [-0.25, -0.2) is 4.39 Å². The lowest BCUT2D eigenvalue weighted by Crippen LogP contribution is -2.16. The maximum atomic E-state index is 13.3. The number of benzene rings is 2.